The average molecular weight is 270 g/mol. The van der Waals surface area contributed by atoms with Crippen molar-refractivity contribution in [3.63, 3.8) is 0 Å². The maximum Gasteiger partial charge on any atom is 0.126 e. The molecule has 0 radical (unpaired) electrons. The number of halogens is 1. The van der Waals surface area contributed by atoms with Crippen molar-refractivity contribution in [2.24, 2.45) is 0 Å². The number of aryl methyl sites for hydroxylation is 2. The zero-order valence-electron chi connectivity index (χ0n) is 13.0. The van der Waals surface area contributed by atoms with Gasteiger partial charge in [-0.25, -0.2) is 4.39 Å². The molecule has 0 heterocycles. The first-order valence-corrected chi connectivity index (χ1v) is 7.35. The number of hydrogen-bond acceptors (Lipinski definition) is 0. The summed E-state index contributed by atoms with van der Waals surface area (Å²) in [6, 6.07) is 9.89. The zero-order chi connectivity index (χ0) is 14.9. The van der Waals surface area contributed by atoms with Crippen LogP contribution in [0.15, 0.2) is 30.3 Å². The maximum absolute atomic E-state index is 14.2. The van der Waals surface area contributed by atoms with Crippen LogP contribution in [-0.2, 0) is 6.42 Å². The summed E-state index contributed by atoms with van der Waals surface area (Å²) in [4.78, 5) is 0. The minimum Gasteiger partial charge on any atom is -0.207 e. The Kier molecular flexibility index (Phi) is 4.27. The smallest absolute Gasteiger partial charge is 0.126 e. The third-order valence-electron chi connectivity index (χ3n) is 3.99. The van der Waals surface area contributed by atoms with Crippen LogP contribution in [-0.4, -0.2) is 0 Å². The zero-order valence-corrected chi connectivity index (χ0v) is 13.0. The van der Waals surface area contributed by atoms with Gasteiger partial charge in [-0.15, -0.1) is 0 Å². The van der Waals surface area contributed by atoms with E-state index in [0.29, 0.717) is 0 Å². The third-order valence-corrected chi connectivity index (χ3v) is 3.99. The molecule has 0 aliphatic carbocycles. The highest BCUT2D eigenvalue weighted by atomic mass is 19.1. The van der Waals surface area contributed by atoms with E-state index in [1.165, 1.54) is 22.3 Å². The molecule has 0 saturated heterocycles. The molecule has 2 aromatic rings. The Hall–Kier alpha value is -1.63. The summed E-state index contributed by atoms with van der Waals surface area (Å²) in [6.45, 7) is 10.5. The molecule has 2 aromatic carbocycles. The lowest BCUT2D eigenvalue weighted by molar-refractivity contribution is 0.594. The van der Waals surface area contributed by atoms with Gasteiger partial charge in [0.1, 0.15) is 5.82 Å². The van der Waals surface area contributed by atoms with Gasteiger partial charge in [0.2, 0.25) is 0 Å². The molecule has 2 rings (SSSR count). The van der Waals surface area contributed by atoms with Gasteiger partial charge in [0, 0.05) is 0 Å². The van der Waals surface area contributed by atoms with Crippen LogP contribution >= 0.6 is 0 Å². The number of hydrogen-bond donors (Lipinski definition) is 0. The molecule has 0 aliphatic rings. The lowest BCUT2D eigenvalue weighted by Gasteiger charge is -2.20. The minimum atomic E-state index is -0.0770. The molecule has 0 nitrogen and oxygen atoms in total. The monoisotopic (exact) mass is 270 g/mol. The fourth-order valence-electron chi connectivity index (χ4n) is 3.11. The van der Waals surface area contributed by atoms with E-state index in [9.17, 15) is 4.39 Å². The lowest BCUT2D eigenvalue weighted by Crippen LogP contribution is -2.03. The molecule has 106 valence electrons. The van der Waals surface area contributed by atoms with Crippen LogP contribution in [0, 0.1) is 19.7 Å². The Balaban J connectivity index is 2.79. The van der Waals surface area contributed by atoms with Gasteiger partial charge in [-0.3, -0.25) is 0 Å². The van der Waals surface area contributed by atoms with Crippen LogP contribution in [0.25, 0.3) is 11.1 Å². The van der Waals surface area contributed by atoms with Crippen molar-refractivity contribution in [1.82, 2.24) is 0 Å². The van der Waals surface area contributed by atoms with Crippen LogP contribution in [0.3, 0.4) is 0 Å². The molecule has 0 N–H and O–H groups in total. The van der Waals surface area contributed by atoms with Crippen molar-refractivity contribution in [3.8, 4) is 11.1 Å². The quantitative estimate of drug-likeness (QED) is 0.661. The summed E-state index contributed by atoms with van der Waals surface area (Å²) >= 11 is 0. The molecule has 1 heteroatoms. The molecule has 0 spiro atoms. The molecule has 0 atom stereocenters. The van der Waals surface area contributed by atoms with Crippen molar-refractivity contribution in [1.29, 1.82) is 0 Å². The van der Waals surface area contributed by atoms with Crippen molar-refractivity contribution < 1.29 is 4.39 Å². The van der Waals surface area contributed by atoms with Gasteiger partial charge in [-0.1, -0.05) is 45.0 Å². The Morgan fingerprint density at radius 3 is 2.10 bits per heavy atom. The van der Waals surface area contributed by atoms with Crippen molar-refractivity contribution >= 4 is 0 Å². The van der Waals surface area contributed by atoms with E-state index in [0.717, 1.165) is 17.5 Å². The van der Waals surface area contributed by atoms with Crippen LogP contribution in [0.5, 0.6) is 0 Å². The fourth-order valence-corrected chi connectivity index (χ4v) is 3.11. The predicted molar refractivity (Wildman–Crippen MR) is 84.8 cm³/mol. The lowest BCUT2D eigenvalue weighted by atomic mass is 9.85. The molecule has 0 saturated carbocycles. The minimum absolute atomic E-state index is 0.0770. The Morgan fingerprint density at radius 1 is 1.00 bits per heavy atom. The van der Waals surface area contributed by atoms with Crippen LogP contribution in [0.1, 0.15) is 48.9 Å². The predicted octanol–water partition coefficient (Wildman–Crippen LogP) is 5.80. The largest absolute Gasteiger partial charge is 0.207 e. The molecule has 0 unspecified atom stereocenters. The number of benzene rings is 2. The molecule has 0 fully saturated rings. The van der Waals surface area contributed by atoms with E-state index in [2.05, 4.69) is 52.8 Å². The highest BCUT2D eigenvalue weighted by molar-refractivity contribution is 5.75. The van der Waals surface area contributed by atoms with Crippen LogP contribution in [0.4, 0.5) is 4.39 Å². The molecule has 0 bridgehead atoms. The van der Waals surface area contributed by atoms with Crippen LogP contribution in [0.2, 0.25) is 0 Å². The van der Waals surface area contributed by atoms with Gasteiger partial charge in [0.15, 0.2) is 0 Å². The second-order valence-corrected chi connectivity index (χ2v) is 5.76. The molecular formula is C19H23F. The summed E-state index contributed by atoms with van der Waals surface area (Å²) in [5.74, 6) is 0.126. The normalized spacial score (nSPS) is 11.2. The SMILES string of the molecule is CCc1c(-c2c(C)cccc2C)ccc(F)c1C(C)C. The summed E-state index contributed by atoms with van der Waals surface area (Å²) in [7, 11) is 0. The van der Waals surface area contributed by atoms with E-state index in [-0.39, 0.29) is 11.7 Å². The maximum atomic E-state index is 14.2. The van der Waals surface area contributed by atoms with Gasteiger partial charge in [-0.2, -0.15) is 0 Å². The second-order valence-electron chi connectivity index (χ2n) is 5.76. The summed E-state index contributed by atoms with van der Waals surface area (Å²) in [5.41, 5.74) is 6.96. The standard InChI is InChI=1S/C19H23F/c1-6-15-16(10-11-17(20)18(15)12(2)3)19-13(4)8-7-9-14(19)5/h7-12H,6H2,1-5H3. The highest BCUT2D eigenvalue weighted by Gasteiger charge is 2.17. The fraction of sp³-hybridized carbons (Fsp3) is 0.368. The first kappa shape index (κ1) is 14.8. The highest BCUT2D eigenvalue weighted by Crippen LogP contribution is 2.35. The first-order chi connectivity index (χ1) is 9.47. The van der Waals surface area contributed by atoms with E-state index in [4.69, 9.17) is 0 Å². The second kappa shape index (κ2) is 5.78. The molecule has 0 aromatic heterocycles. The van der Waals surface area contributed by atoms with E-state index >= 15 is 0 Å². The molecule has 20 heavy (non-hydrogen) atoms. The van der Waals surface area contributed by atoms with Gasteiger partial charge < -0.3 is 0 Å². The average Bonchev–Trinajstić information content (AvgIpc) is 2.39. The first-order valence-electron chi connectivity index (χ1n) is 7.35. The Bertz CT molecular complexity index is 604. The summed E-state index contributed by atoms with van der Waals surface area (Å²) in [6.07, 6.45) is 0.856. The van der Waals surface area contributed by atoms with E-state index < -0.39 is 0 Å². The van der Waals surface area contributed by atoms with Gasteiger partial charge in [0.25, 0.3) is 0 Å². The van der Waals surface area contributed by atoms with Gasteiger partial charge in [0.05, 0.1) is 0 Å². The Morgan fingerprint density at radius 2 is 1.60 bits per heavy atom. The van der Waals surface area contributed by atoms with Gasteiger partial charge >= 0.3 is 0 Å². The Labute approximate surface area is 121 Å². The summed E-state index contributed by atoms with van der Waals surface area (Å²) in [5, 5.41) is 0. The van der Waals surface area contributed by atoms with Crippen molar-refractivity contribution in [3.05, 3.63) is 58.4 Å². The number of rotatable bonds is 3. The molecule has 0 aliphatic heterocycles. The molecular weight excluding hydrogens is 247 g/mol. The van der Waals surface area contributed by atoms with Crippen molar-refractivity contribution in [2.75, 3.05) is 0 Å². The van der Waals surface area contributed by atoms with Gasteiger partial charge in [-0.05, 0) is 65.6 Å². The van der Waals surface area contributed by atoms with Crippen LogP contribution < -0.4 is 0 Å². The van der Waals surface area contributed by atoms with Crippen molar-refractivity contribution in [2.45, 2.75) is 47.0 Å². The van der Waals surface area contributed by atoms with E-state index in [1.54, 1.807) is 6.07 Å². The topological polar surface area (TPSA) is 0 Å². The summed E-state index contributed by atoms with van der Waals surface area (Å²) < 4.78 is 14.2. The third kappa shape index (κ3) is 2.49. The van der Waals surface area contributed by atoms with E-state index in [1.807, 2.05) is 6.07 Å². The molecule has 0 amide bonds.